The largest absolute Gasteiger partial charge is 0.396 e. The summed E-state index contributed by atoms with van der Waals surface area (Å²) in [6.07, 6.45) is 4.60. The van der Waals surface area contributed by atoms with Crippen molar-refractivity contribution in [1.82, 2.24) is 9.78 Å². The fourth-order valence-corrected chi connectivity index (χ4v) is 1.99. The number of carbonyl (C=O) groups excluding carboxylic acids is 1. The van der Waals surface area contributed by atoms with Crippen LogP contribution in [0.25, 0.3) is 0 Å². The summed E-state index contributed by atoms with van der Waals surface area (Å²) in [6.45, 7) is 4.77. The van der Waals surface area contributed by atoms with Gasteiger partial charge in [-0.05, 0) is 19.3 Å². The van der Waals surface area contributed by atoms with E-state index in [1.54, 1.807) is 10.9 Å². The molecule has 24 heavy (non-hydrogen) atoms. The number of aromatic nitrogens is 2. The van der Waals surface area contributed by atoms with E-state index < -0.39 is 5.91 Å². The number of ether oxygens (including phenoxy) is 3. The van der Waals surface area contributed by atoms with Gasteiger partial charge in [-0.1, -0.05) is 0 Å². The number of anilines is 1. The standard InChI is InChI=1S/C15H29N5O4/c16-4-8-24-11-10-23-7-3-1-2-6-22-9-5-20-12-13(17)14(19-20)15(18)21/h12H,1-11,16-17H2,(H2,18,21). The highest BCUT2D eigenvalue weighted by Crippen LogP contribution is 2.07. The third kappa shape index (κ3) is 8.82. The van der Waals surface area contributed by atoms with Crippen molar-refractivity contribution in [3.8, 4) is 0 Å². The molecule has 0 unspecified atom stereocenters. The van der Waals surface area contributed by atoms with E-state index in [0.717, 1.165) is 25.9 Å². The van der Waals surface area contributed by atoms with E-state index in [1.165, 1.54) is 0 Å². The number of rotatable bonds is 15. The maximum Gasteiger partial charge on any atom is 0.271 e. The zero-order valence-corrected chi connectivity index (χ0v) is 14.1. The normalized spacial score (nSPS) is 11.0. The average Bonchev–Trinajstić information content (AvgIpc) is 2.93. The van der Waals surface area contributed by atoms with E-state index in [0.29, 0.717) is 46.1 Å². The number of unbranched alkanes of at least 4 members (excludes halogenated alkanes) is 2. The van der Waals surface area contributed by atoms with Crippen molar-refractivity contribution in [3.05, 3.63) is 11.9 Å². The van der Waals surface area contributed by atoms with Crippen LogP contribution in [0.15, 0.2) is 6.20 Å². The van der Waals surface area contributed by atoms with Crippen LogP contribution in [-0.4, -0.2) is 61.9 Å². The molecule has 0 bridgehead atoms. The van der Waals surface area contributed by atoms with Crippen LogP contribution in [0.5, 0.6) is 0 Å². The molecule has 1 amide bonds. The van der Waals surface area contributed by atoms with Crippen molar-refractivity contribution in [2.75, 3.05) is 51.9 Å². The summed E-state index contributed by atoms with van der Waals surface area (Å²) in [4.78, 5) is 11.0. The van der Waals surface area contributed by atoms with E-state index in [-0.39, 0.29) is 11.4 Å². The molecule has 1 heterocycles. The van der Waals surface area contributed by atoms with E-state index in [9.17, 15) is 4.79 Å². The lowest BCUT2D eigenvalue weighted by Crippen LogP contribution is -2.14. The number of hydrogen-bond donors (Lipinski definition) is 3. The minimum absolute atomic E-state index is 0.100. The Kier molecular flexibility index (Phi) is 10.8. The molecule has 1 aromatic rings. The van der Waals surface area contributed by atoms with E-state index >= 15 is 0 Å². The molecule has 0 aliphatic heterocycles. The van der Waals surface area contributed by atoms with Crippen LogP contribution in [0.4, 0.5) is 5.69 Å². The molecule has 0 spiro atoms. The number of amides is 1. The van der Waals surface area contributed by atoms with Gasteiger partial charge in [-0.25, -0.2) is 0 Å². The maximum absolute atomic E-state index is 11.0. The molecule has 1 rings (SSSR count). The number of primary amides is 1. The van der Waals surface area contributed by atoms with Gasteiger partial charge in [-0.3, -0.25) is 9.48 Å². The zero-order chi connectivity index (χ0) is 17.6. The van der Waals surface area contributed by atoms with Gasteiger partial charge in [0.2, 0.25) is 0 Å². The van der Waals surface area contributed by atoms with Crippen LogP contribution in [0.1, 0.15) is 29.8 Å². The predicted octanol–water partition coefficient (Wildman–Crippen LogP) is -0.257. The first kappa shape index (κ1) is 20.4. The van der Waals surface area contributed by atoms with Gasteiger partial charge in [0, 0.05) is 26.0 Å². The van der Waals surface area contributed by atoms with Crippen molar-refractivity contribution in [1.29, 1.82) is 0 Å². The number of carbonyl (C=O) groups is 1. The minimum Gasteiger partial charge on any atom is -0.396 e. The Labute approximate surface area is 142 Å². The molecule has 1 aromatic heterocycles. The average molecular weight is 343 g/mol. The zero-order valence-electron chi connectivity index (χ0n) is 14.1. The second-order valence-electron chi connectivity index (χ2n) is 5.25. The molecule has 0 saturated carbocycles. The first-order chi connectivity index (χ1) is 11.6. The monoisotopic (exact) mass is 343 g/mol. The fourth-order valence-electron chi connectivity index (χ4n) is 1.99. The molecule has 138 valence electrons. The molecule has 6 N–H and O–H groups in total. The van der Waals surface area contributed by atoms with Crippen LogP contribution >= 0.6 is 0 Å². The summed E-state index contributed by atoms with van der Waals surface area (Å²) in [5.74, 6) is -0.625. The van der Waals surface area contributed by atoms with Crippen LogP contribution in [0, 0.1) is 0 Å². The lowest BCUT2D eigenvalue weighted by molar-refractivity contribution is 0.0481. The summed E-state index contributed by atoms with van der Waals surface area (Å²) >= 11 is 0. The molecule has 9 heteroatoms. The highest BCUT2D eigenvalue weighted by molar-refractivity contribution is 5.95. The highest BCUT2D eigenvalue weighted by atomic mass is 16.5. The van der Waals surface area contributed by atoms with Gasteiger partial charge in [0.15, 0.2) is 5.69 Å². The van der Waals surface area contributed by atoms with Gasteiger partial charge in [0.1, 0.15) is 0 Å². The number of nitrogens with zero attached hydrogens (tertiary/aromatic N) is 2. The van der Waals surface area contributed by atoms with Crippen molar-refractivity contribution in [2.45, 2.75) is 25.8 Å². The molecule has 9 nitrogen and oxygen atoms in total. The Morgan fingerprint density at radius 2 is 1.62 bits per heavy atom. The molecule has 0 fully saturated rings. The minimum atomic E-state index is -0.625. The molecule has 0 aliphatic carbocycles. The predicted molar refractivity (Wildman–Crippen MR) is 90.5 cm³/mol. The quantitative estimate of drug-likeness (QED) is 0.373. The number of hydrogen-bond acceptors (Lipinski definition) is 7. The van der Waals surface area contributed by atoms with Gasteiger partial charge in [-0.2, -0.15) is 5.10 Å². The number of nitrogens with two attached hydrogens (primary N) is 3. The summed E-state index contributed by atoms with van der Waals surface area (Å²) in [5, 5.41) is 4.01. The fraction of sp³-hybridized carbons (Fsp3) is 0.733. The third-order valence-electron chi connectivity index (χ3n) is 3.20. The smallest absolute Gasteiger partial charge is 0.271 e. The Morgan fingerprint density at radius 3 is 2.21 bits per heavy atom. The lowest BCUT2D eigenvalue weighted by atomic mass is 10.2. The second kappa shape index (κ2) is 12.7. The molecule has 0 radical (unpaired) electrons. The summed E-state index contributed by atoms with van der Waals surface area (Å²) in [5.41, 5.74) is 16.5. The highest BCUT2D eigenvalue weighted by Gasteiger charge is 2.10. The Morgan fingerprint density at radius 1 is 1.00 bits per heavy atom. The van der Waals surface area contributed by atoms with Gasteiger partial charge >= 0.3 is 0 Å². The van der Waals surface area contributed by atoms with Crippen molar-refractivity contribution in [3.63, 3.8) is 0 Å². The van der Waals surface area contributed by atoms with Gasteiger partial charge in [0.25, 0.3) is 5.91 Å². The third-order valence-corrected chi connectivity index (χ3v) is 3.20. The van der Waals surface area contributed by atoms with Crippen molar-refractivity contribution >= 4 is 11.6 Å². The van der Waals surface area contributed by atoms with Crippen LogP contribution in [0.3, 0.4) is 0 Å². The summed E-state index contributed by atoms with van der Waals surface area (Å²) in [6, 6.07) is 0. The molecule has 0 saturated heterocycles. The molecular weight excluding hydrogens is 314 g/mol. The summed E-state index contributed by atoms with van der Waals surface area (Å²) in [7, 11) is 0. The van der Waals surface area contributed by atoms with E-state index in [4.69, 9.17) is 31.4 Å². The summed E-state index contributed by atoms with van der Waals surface area (Å²) < 4.78 is 17.7. The van der Waals surface area contributed by atoms with Crippen LogP contribution in [-0.2, 0) is 20.8 Å². The molecule has 0 aromatic carbocycles. The topological polar surface area (TPSA) is 141 Å². The second-order valence-corrected chi connectivity index (χ2v) is 5.25. The van der Waals surface area contributed by atoms with Crippen LogP contribution in [0.2, 0.25) is 0 Å². The van der Waals surface area contributed by atoms with E-state index in [2.05, 4.69) is 5.10 Å². The first-order valence-corrected chi connectivity index (χ1v) is 8.21. The SMILES string of the molecule is NCCOCCOCCCCCOCCn1cc(N)c(C(N)=O)n1. The molecule has 0 atom stereocenters. The Hall–Kier alpha value is -1.68. The van der Waals surface area contributed by atoms with Gasteiger partial charge < -0.3 is 31.4 Å². The van der Waals surface area contributed by atoms with E-state index in [1.807, 2.05) is 0 Å². The Bertz CT molecular complexity index is 467. The van der Waals surface area contributed by atoms with Crippen LogP contribution < -0.4 is 17.2 Å². The maximum atomic E-state index is 11.0. The molecular formula is C15H29N5O4. The van der Waals surface area contributed by atoms with Crippen molar-refractivity contribution in [2.24, 2.45) is 11.5 Å². The number of nitrogen functional groups attached to an aromatic ring is 1. The van der Waals surface area contributed by atoms with Gasteiger partial charge in [0.05, 0.1) is 38.7 Å². The molecule has 0 aliphatic rings. The van der Waals surface area contributed by atoms with Gasteiger partial charge in [-0.15, -0.1) is 0 Å². The van der Waals surface area contributed by atoms with Crippen molar-refractivity contribution < 1.29 is 19.0 Å². The lowest BCUT2D eigenvalue weighted by Gasteiger charge is -2.06. The Balaban J connectivity index is 1.90. The first-order valence-electron chi connectivity index (χ1n) is 8.21.